The molecule has 1 amide bonds. The van der Waals surface area contributed by atoms with Gasteiger partial charge in [-0.3, -0.25) is 9.78 Å². The number of amides is 1. The van der Waals surface area contributed by atoms with E-state index in [4.69, 9.17) is 0 Å². The molecule has 0 aliphatic carbocycles. The molecule has 0 fully saturated rings. The van der Waals surface area contributed by atoms with E-state index < -0.39 is 0 Å². The van der Waals surface area contributed by atoms with Crippen molar-refractivity contribution in [1.82, 2.24) is 15.0 Å². The summed E-state index contributed by atoms with van der Waals surface area (Å²) in [5, 5.41) is 3.47. The fraction of sp³-hybridized carbons (Fsp3) is 0.200. The molecular weight excluding hydrogens is 344 g/mol. The van der Waals surface area contributed by atoms with Gasteiger partial charge >= 0.3 is 0 Å². The van der Waals surface area contributed by atoms with Crippen LogP contribution in [0, 0.1) is 0 Å². The average molecular weight is 364 g/mol. The van der Waals surface area contributed by atoms with Gasteiger partial charge in [-0.15, -0.1) is 0 Å². The second kappa shape index (κ2) is 8.58. The molecule has 0 unspecified atom stereocenters. The van der Waals surface area contributed by atoms with Crippen LogP contribution in [0.25, 0.3) is 11.3 Å². The van der Waals surface area contributed by atoms with Crippen LogP contribution in [-0.2, 0) is 4.79 Å². The Morgan fingerprint density at radius 3 is 2.62 bits per heavy atom. The zero-order chi connectivity index (χ0) is 18.4. The fourth-order valence-corrected chi connectivity index (χ4v) is 2.99. The van der Waals surface area contributed by atoms with Gasteiger partial charge in [0.2, 0.25) is 5.91 Å². The monoisotopic (exact) mass is 364 g/mol. The number of hydrogen-bond acceptors (Lipinski definition) is 5. The number of aromatic nitrogens is 3. The first-order chi connectivity index (χ1) is 12.6. The topological polar surface area (TPSA) is 67.8 Å². The van der Waals surface area contributed by atoms with Gasteiger partial charge in [-0.1, -0.05) is 37.7 Å². The second-order valence-corrected chi connectivity index (χ2v) is 7.02. The third-order valence-electron chi connectivity index (χ3n) is 3.78. The van der Waals surface area contributed by atoms with Gasteiger partial charge in [-0.05, 0) is 41.8 Å². The van der Waals surface area contributed by atoms with Crippen molar-refractivity contribution in [2.24, 2.45) is 0 Å². The van der Waals surface area contributed by atoms with Crippen LogP contribution in [-0.4, -0.2) is 26.6 Å². The average Bonchev–Trinajstić information content (AvgIpc) is 2.68. The molecule has 2 heterocycles. The summed E-state index contributed by atoms with van der Waals surface area (Å²) in [6, 6.07) is 13.6. The van der Waals surface area contributed by atoms with Crippen LogP contribution in [0.15, 0.2) is 66.2 Å². The molecule has 0 saturated heterocycles. The molecule has 0 aliphatic rings. The van der Waals surface area contributed by atoms with Crippen molar-refractivity contribution in [3.8, 4) is 11.3 Å². The summed E-state index contributed by atoms with van der Waals surface area (Å²) in [5.41, 5.74) is 3.76. The molecule has 3 aromatic rings. The highest BCUT2D eigenvalue weighted by Crippen LogP contribution is 2.20. The SMILES string of the molecule is CC(C)c1ccc(NC(=O)CSc2nccc(-c3cccnc3)n2)cc1. The summed E-state index contributed by atoms with van der Waals surface area (Å²) in [7, 11) is 0. The first-order valence-corrected chi connectivity index (χ1v) is 9.36. The molecule has 0 radical (unpaired) electrons. The standard InChI is InChI=1S/C20H20N4OS/c1-14(2)15-5-7-17(8-6-15)23-19(25)13-26-20-22-11-9-18(24-20)16-4-3-10-21-12-16/h3-12,14H,13H2,1-2H3,(H,23,25). The van der Waals surface area contributed by atoms with Gasteiger partial charge in [-0.2, -0.15) is 0 Å². The lowest BCUT2D eigenvalue weighted by Crippen LogP contribution is -2.14. The molecule has 2 aromatic heterocycles. The van der Waals surface area contributed by atoms with E-state index in [1.54, 1.807) is 18.6 Å². The number of nitrogens with one attached hydrogen (secondary N) is 1. The Labute approximate surface area is 157 Å². The molecule has 0 atom stereocenters. The van der Waals surface area contributed by atoms with Gasteiger partial charge in [0.25, 0.3) is 0 Å². The molecule has 132 valence electrons. The molecule has 1 aromatic carbocycles. The molecule has 0 bridgehead atoms. The van der Waals surface area contributed by atoms with Crippen LogP contribution >= 0.6 is 11.8 Å². The highest BCUT2D eigenvalue weighted by Gasteiger charge is 2.08. The smallest absolute Gasteiger partial charge is 0.234 e. The Morgan fingerprint density at radius 2 is 1.92 bits per heavy atom. The van der Waals surface area contributed by atoms with Crippen LogP contribution < -0.4 is 5.32 Å². The van der Waals surface area contributed by atoms with Gasteiger partial charge in [0.15, 0.2) is 5.16 Å². The molecule has 1 N–H and O–H groups in total. The van der Waals surface area contributed by atoms with E-state index in [0.29, 0.717) is 11.1 Å². The van der Waals surface area contributed by atoms with E-state index in [1.807, 2.05) is 42.5 Å². The summed E-state index contributed by atoms with van der Waals surface area (Å²) in [4.78, 5) is 25.0. The summed E-state index contributed by atoms with van der Waals surface area (Å²) in [5.74, 6) is 0.643. The summed E-state index contributed by atoms with van der Waals surface area (Å²) < 4.78 is 0. The van der Waals surface area contributed by atoms with Crippen molar-refractivity contribution in [1.29, 1.82) is 0 Å². The van der Waals surface area contributed by atoms with Crippen molar-refractivity contribution in [3.63, 3.8) is 0 Å². The maximum absolute atomic E-state index is 12.2. The highest BCUT2D eigenvalue weighted by molar-refractivity contribution is 7.99. The van der Waals surface area contributed by atoms with Crippen molar-refractivity contribution < 1.29 is 4.79 Å². The number of thioether (sulfide) groups is 1. The number of carbonyl (C=O) groups excluding carboxylic acids is 1. The normalized spacial score (nSPS) is 10.7. The lowest BCUT2D eigenvalue weighted by molar-refractivity contribution is -0.113. The van der Waals surface area contributed by atoms with Crippen molar-refractivity contribution >= 4 is 23.4 Å². The fourth-order valence-electron chi connectivity index (χ4n) is 2.36. The molecule has 6 heteroatoms. The number of carbonyl (C=O) groups is 1. The van der Waals surface area contributed by atoms with E-state index in [9.17, 15) is 4.79 Å². The second-order valence-electron chi connectivity index (χ2n) is 6.08. The van der Waals surface area contributed by atoms with Crippen LogP contribution in [0.5, 0.6) is 0 Å². The predicted octanol–water partition coefficient (Wildman–Crippen LogP) is 4.39. The van der Waals surface area contributed by atoms with E-state index in [-0.39, 0.29) is 11.7 Å². The first-order valence-electron chi connectivity index (χ1n) is 8.38. The molecule has 0 aliphatic heterocycles. The van der Waals surface area contributed by atoms with Crippen LogP contribution in [0.2, 0.25) is 0 Å². The molecule has 26 heavy (non-hydrogen) atoms. The first kappa shape index (κ1) is 18.1. The molecule has 3 rings (SSSR count). The number of pyridine rings is 1. The van der Waals surface area contributed by atoms with Gasteiger partial charge < -0.3 is 5.32 Å². The highest BCUT2D eigenvalue weighted by atomic mass is 32.2. The lowest BCUT2D eigenvalue weighted by Gasteiger charge is -2.08. The largest absolute Gasteiger partial charge is 0.325 e. The Hall–Kier alpha value is -2.73. The van der Waals surface area contributed by atoms with E-state index >= 15 is 0 Å². The minimum Gasteiger partial charge on any atom is -0.325 e. The van der Waals surface area contributed by atoms with Crippen molar-refractivity contribution in [3.05, 3.63) is 66.6 Å². The maximum atomic E-state index is 12.2. The van der Waals surface area contributed by atoms with Crippen molar-refractivity contribution in [2.75, 3.05) is 11.1 Å². The van der Waals surface area contributed by atoms with Crippen LogP contribution in [0.3, 0.4) is 0 Å². The van der Waals surface area contributed by atoms with Gasteiger partial charge in [0.05, 0.1) is 11.4 Å². The number of anilines is 1. The summed E-state index contributed by atoms with van der Waals surface area (Å²) >= 11 is 1.31. The zero-order valence-corrected chi connectivity index (χ0v) is 15.5. The lowest BCUT2D eigenvalue weighted by atomic mass is 10.0. The Bertz CT molecular complexity index is 866. The minimum atomic E-state index is -0.0809. The van der Waals surface area contributed by atoms with Gasteiger partial charge in [0.1, 0.15) is 0 Å². The summed E-state index contributed by atoms with van der Waals surface area (Å²) in [6.45, 7) is 4.29. The van der Waals surface area contributed by atoms with Crippen LogP contribution in [0.4, 0.5) is 5.69 Å². The third-order valence-corrected chi connectivity index (χ3v) is 4.65. The van der Waals surface area contributed by atoms with Crippen LogP contribution in [0.1, 0.15) is 25.3 Å². The number of nitrogens with zero attached hydrogens (tertiary/aromatic N) is 3. The maximum Gasteiger partial charge on any atom is 0.234 e. The summed E-state index contributed by atoms with van der Waals surface area (Å²) in [6.07, 6.45) is 5.17. The predicted molar refractivity (Wildman–Crippen MR) is 105 cm³/mol. The Kier molecular flexibility index (Phi) is 5.96. The van der Waals surface area contributed by atoms with Gasteiger partial charge in [0, 0.05) is 29.8 Å². The number of benzene rings is 1. The van der Waals surface area contributed by atoms with Crippen molar-refractivity contribution in [2.45, 2.75) is 24.9 Å². The van der Waals surface area contributed by atoms with E-state index in [1.165, 1.54) is 17.3 Å². The van der Waals surface area contributed by atoms with Gasteiger partial charge in [-0.25, -0.2) is 9.97 Å². The zero-order valence-electron chi connectivity index (χ0n) is 14.7. The third kappa shape index (κ3) is 4.89. The van der Waals surface area contributed by atoms with E-state index in [2.05, 4.69) is 34.1 Å². The Morgan fingerprint density at radius 1 is 1.12 bits per heavy atom. The molecule has 0 spiro atoms. The number of hydrogen-bond donors (Lipinski definition) is 1. The van der Waals surface area contributed by atoms with E-state index in [0.717, 1.165) is 16.9 Å². The number of rotatable bonds is 6. The molecular formula is C20H20N4OS. The Balaban J connectivity index is 1.58. The minimum absolute atomic E-state index is 0.0809. The molecule has 5 nitrogen and oxygen atoms in total. The molecule has 0 saturated carbocycles. The quantitative estimate of drug-likeness (QED) is 0.519.